The lowest BCUT2D eigenvalue weighted by atomic mass is 10.1. The van der Waals surface area contributed by atoms with Crippen LogP contribution in [0.25, 0.3) is 0 Å². The van der Waals surface area contributed by atoms with E-state index in [9.17, 15) is 4.79 Å². The van der Waals surface area contributed by atoms with E-state index < -0.39 is 0 Å². The molecular formula is C14H14BrN3O. The quantitative estimate of drug-likeness (QED) is 0.834. The van der Waals surface area contributed by atoms with Crippen LogP contribution in [-0.4, -0.2) is 10.9 Å². The van der Waals surface area contributed by atoms with E-state index in [0.29, 0.717) is 16.9 Å². The predicted octanol–water partition coefficient (Wildman–Crippen LogP) is 3.30. The first-order valence-corrected chi connectivity index (χ1v) is 6.56. The molecule has 0 saturated heterocycles. The third kappa shape index (κ3) is 3.12. The highest BCUT2D eigenvalue weighted by Crippen LogP contribution is 2.28. The fourth-order valence-corrected chi connectivity index (χ4v) is 2.40. The average molecular weight is 320 g/mol. The van der Waals surface area contributed by atoms with Crippen molar-refractivity contribution in [3.8, 4) is 0 Å². The molecule has 0 atom stereocenters. The standard InChI is InChI=1S/C14H14BrN3O/c1-8-5-11(15)7-12(16)13(8)18-14(19)10-3-4-17-9(2)6-10/h3-7H,16H2,1-2H3,(H,18,19). The molecule has 19 heavy (non-hydrogen) atoms. The minimum atomic E-state index is -0.192. The maximum absolute atomic E-state index is 12.1. The first kappa shape index (κ1) is 13.5. The Labute approximate surface area is 120 Å². The third-order valence-electron chi connectivity index (χ3n) is 2.73. The van der Waals surface area contributed by atoms with Crippen LogP contribution in [0, 0.1) is 13.8 Å². The number of nitrogens with one attached hydrogen (secondary N) is 1. The number of nitrogens with zero attached hydrogens (tertiary/aromatic N) is 1. The Balaban J connectivity index is 2.29. The molecule has 0 saturated carbocycles. The average Bonchev–Trinajstić information content (AvgIpc) is 2.33. The fourth-order valence-electron chi connectivity index (χ4n) is 1.81. The van der Waals surface area contributed by atoms with Crippen molar-refractivity contribution >= 4 is 33.2 Å². The molecule has 0 bridgehead atoms. The molecule has 2 rings (SSSR count). The number of aryl methyl sites for hydroxylation is 2. The van der Waals surface area contributed by atoms with Crippen molar-refractivity contribution in [2.24, 2.45) is 0 Å². The Morgan fingerprint density at radius 2 is 2.05 bits per heavy atom. The Hall–Kier alpha value is -1.88. The summed E-state index contributed by atoms with van der Waals surface area (Å²) in [4.78, 5) is 16.2. The Bertz CT molecular complexity index is 617. The van der Waals surface area contributed by atoms with Crippen LogP contribution in [0.5, 0.6) is 0 Å². The summed E-state index contributed by atoms with van der Waals surface area (Å²) >= 11 is 3.37. The molecule has 1 amide bonds. The number of hydrogen-bond donors (Lipinski definition) is 2. The lowest BCUT2D eigenvalue weighted by Gasteiger charge is -2.12. The van der Waals surface area contributed by atoms with Gasteiger partial charge in [-0.05, 0) is 43.7 Å². The first-order valence-electron chi connectivity index (χ1n) is 5.77. The maximum atomic E-state index is 12.1. The van der Waals surface area contributed by atoms with E-state index in [4.69, 9.17) is 5.73 Å². The molecule has 0 aliphatic carbocycles. The van der Waals surface area contributed by atoms with Gasteiger partial charge in [0.05, 0.1) is 11.4 Å². The van der Waals surface area contributed by atoms with Gasteiger partial charge in [-0.25, -0.2) is 0 Å². The van der Waals surface area contributed by atoms with Crippen LogP contribution < -0.4 is 11.1 Å². The van der Waals surface area contributed by atoms with Crippen molar-refractivity contribution in [1.29, 1.82) is 0 Å². The first-order chi connectivity index (χ1) is 8.97. The van der Waals surface area contributed by atoms with Crippen molar-refractivity contribution in [3.05, 3.63) is 51.8 Å². The van der Waals surface area contributed by atoms with Gasteiger partial charge in [0, 0.05) is 21.9 Å². The minimum Gasteiger partial charge on any atom is -0.397 e. The molecule has 0 unspecified atom stereocenters. The third-order valence-corrected chi connectivity index (χ3v) is 3.19. The van der Waals surface area contributed by atoms with Crippen molar-refractivity contribution in [1.82, 2.24) is 4.98 Å². The number of benzene rings is 1. The number of nitrogen functional groups attached to an aromatic ring is 1. The summed E-state index contributed by atoms with van der Waals surface area (Å²) in [7, 11) is 0. The van der Waals surface area contributed by atoms with Gasteiger partial charge in [-0.15, -0.1) is 0 Å². The number of rotatable bonds is 2. The van der Waals surface area contributed by atoms with E-state index in [1.165, 1.54) is 0 Å². The second-order valence-electron chi connectivity index (χ2n) is 4.33. The summed E-state index contributed by atoms with van der Waals surface area (Å²) in [5.41, 5.74) is 9.37. The van der Waals surface area contributed by atoms with Crippen LogP contribution in [0.3, 0.4) is 0 Å². The van der Waals surface area contributed by atoms with Crippen molar-refractivity contribution < 1.29 is 4.79 Å². The molecule has 0 fully saturated rings. The van der Waals surface area contributed by atoms with Gasteiger partial charge >= 0.3 is 0 Å². The largest absolute Gasteiger partial charge is 0.397 e. The van der Waals surface area contributed by atoms with Gasteiger partial charge in [0.15, 0.2) is 0 Å². The second-order valence-corrected chi connectivity index (χ2v) is 5.24. The lowest BCUT2D eigenvalue weighted by Crippen LogP contribution is -2.14. The fraction of sp³-hybridized carbons (Fsp3) is 0.143. The minimum absolute atomic E-state index is 0.192. The zero-order chi connectivity index (χ0) is 14.0. The van der Waals surface area contributed by atoms with Crippen LogP contribution in [0.1, 0.15) is 21.6 Å². The summed E-state index contributed by atoms with van der Waals surface area (Å²) in [6.07, 6.45) is 1.61. The number of anilines is 2. The van der Waals surface area contributed by atoms with Gasteiger partial charge in [0.1, 0.15) is 0 Å². The van der Waals surface area contributed by atoms with Gasteiger partial charge < -0.3 is 11.1 Å². The van der Waals surface area contributed by atoms with Crippen molar-refractivity contribution in [2.75, 3.05) is 11.1 Å². The number of amides is 1. The molecule has 4 nitrogen and oxygen atoms in total. The topological polar surface area (TPSA) is 68.0 Å². The highest BCUT2D eigenvalue weighted by Gasteiger charge is 2.11. The molecule has 0 radical (unpaired) electrons. The lowest BCUT2D eigenvalue weighted by molar-refractivity contribution is 0.102. The highest BCUT2D eigenvalue weighted by atomic mass is 79.9. The Morgan fingerprint density at radius 3 is 2.68 bits per heavy atom. The Kier molecular flexibility index (Phi) is 3.85. The molecule has 0 spiro atoms. The van der Waals surface area contributed by atoms with E-state index in [0.717, 1.165) is 15.7 Å². The number of pyridine rings is 1. The van der Waals surface area contributed by atoms with Crippen LogP contribution in [0.4, 0.5) is 11.4 Å². The summed E-state index contributed by atoms with van der Waals surface area (Å²) in [5, 5.41) is 2.84. The molecule has 0 aliphatic heterocycles. The number of carbonyl (C=O) groups excluding carboxylic acids is 1. The van der Waals surface area contributed by atoms with Crippen molar-refractivity contribution in [3.63, 3.8) is 0 Å². The van der Waals surface area contributed by atoms with E-state index in [1.807, 2.05) is 19.9 Å². The second kappa shape index (κ2) is 5.40. The number of hydrogen-bond acceptors (Lipinski definition) is 3. The van der Waals surface area contributed by atoms with E-state index in [-0.39, 0.29) is 5.91 Å². The smallest absolute Gasteiger partial charge is 0.255 e. The maximum Gasteiger partial charge on any atom is 0.255 e. The SMILES string of the molecule is Cc1cc(C(=O)Nc2c(C)cc(Br)cc2N)ccn1. The summed E-state index contributed by atoms with van der Waals surface area (Å²) in [5.74, 6) is -0.192. The molecule has 2 aromatic rings. The molecule has 1 aromatic heterocycles. The van der Waals surface area contributed by atoms with Crippen molar-refractivity contribution in [2.45, 2.75) is 13.8 Å². The summed E-state index contributed by atoms with van der Waals surface area (Å²) in [6, 6.07) is 7.08. The Morgan fingerprint density at radius 1 is 1.32 bits per heavy atom. The zero-order valence-electron chi connectivity index (χ0n) is 10.7. The molecule has 1 aromatic carbocycles. The zero-order valence-corrected chi connectivity index (χ0v) is 12.3. The molecule has 0 aliphatic rings. The van der Waals surface area contributed by atoms with E-state index in [2.05, 4.69) is 26.2 Å². The molecule has 98 valence electrons. The van der Waals surface area contributed by atoms with Gasteiger partial charge in [-0.2, -0.15) is 0 Å². The van der Waals surface area contributed by atoms with E-state index in [1.54, 1.807) is 24.4 Å². The predicted molar refractivity (Wildman–Crippen MR) is 80.2 cm³/mol. The molecule has 1 heterocycles. The van der Waals surface area contributed by atoms with Gasteiger partial charge in [-0.1, -0.05) is 15.9 Å². The number of halogens is 1. The summed E-state index contributed by atoms with van der Waals surface area (Å²) < 4.78 is 0.889. The van der Waals surface area contributed by atoms with Gasteiger partial charge in [-0.3, -0.25) is 9.78 Å². The van der Waals surface area contributed by atoms with Gasteiger partial charge in [0.2, 0.25) is 0 Å². The van der Waals surface area contributed by atoms with Crippen LogP contribution >= 0.6 is 15.9 Å². The van der Waals surface area contributed by atoms with Crippen LogP contribution in [0.2, 0.25) is 0 Å². The van der Waals surface area contributed by atoms with Crippen LogP contribution in [-0.2, 0) is 0 Å². The highest BCUT2D eigenvalue weighted by molar-refractivity contribution is 9.10. The molecular weight excluding hydrogens is 306 g/mol. The summed E-state index contributed by atoms with van der Waals surface area (Å²) in [6.45, 7) is 3.74. The molecule has 5 heteroatoms. The number of nitrogens with two attached hydrogens (primary N) is 1. The number of aromatic nitrogens is 1. The van der Waals surface area contributed by atoms with E-state index >= 15 is 0 Å². The normalized spacial score (nSPS) is 10.3. The monoisotopic (exact) mass is 319 g/mol. The number of carbonyl (C=O) groups is 1. The molecule has 3 N–H and O–H groups in total. The van der Waals surface area contributed by atoms with Gasteiger partial charge in [0.25, 0.3) is 5.91 Å². The van der Waals surface area contributed by atoms with Crippen LogP contribution in [0.15, 0.2) is 34.9 Å².